The van der Waals surface area contributed by atoms with E-state index in [0.717, 1.165) is 0 Å². The Hall–Kier alpha value is -2.51. The molecular formula is C18H17ClN2O2. The van der Waals surface area contributed by atoms with Crippen LogP contribution in [0.5, 0.6) is 0 Å². The molecule has 1 atom stereocenters. The van der Waals surface area contributed by atoms with Crippen molar-refractivity contribution in [3.63, 3.8) is 0 Å². The topological polar surface area (TPSA) is 62.1 Å². The number of halogens is 1. The molecule has 1 aromatic rings. The first-order chi connectivity index (χ1) is 11.0. The van der Waals surface area contributed by atoms with Crippen LogP contribution in [-0.2, 0) is 9.53 Å². The highest BCUT2D eigenvalue weighted by molar-refractivity contribution is 6.31. The lowest BCUT2D eigenvalue weighted by molar-refractivity contribution is -0.138. The standard InChI is InChI=1S/C18H17ClN2O2/c1-4-9-23-18(22)16-12(3)21-11(2)14(10-20)17(16)13-7-5-6-8-15(13)19/h4-8,17,21H,1,9H2,2-3H3. The number of hydrogen-bond donors (Lipinski definition) is 1. The SMILES string of the molecule is C=CCOC(=O)C1=C(C)NC(C)=C(C#N)C1c1ccccc1Cl. The minimum absolute atomic E-state index is 0.107. The van der Waals surface area contributed by atoms with Crippen LogP contribution in [0.4, 0.5) is 0 Å². The molecule has 1 heterocycles. The first kappa shape index (κ1) is 16.9. The van der Waals surface area contributed by atoms with Gasteiger partial charge in [0.1, 0.15) is 6.61 Å². The monoisotopic (exact) mass is 328 g/mol. The number of rotatable bonds is 4. The molecule has 0 spiro atoms. The number of dihydropyridines is 1. The Bertz CT molecular complexity index is 757. The molecule has 0 aliphatic carbocycles. The Morgan fingerprint density at radius 2 is 2.13 bits per heavy atom. The van der Waals surface area contributed by atoms with E-state index in [-0.39, 0.29) is 6.61 Å². The van der Waals surface area contributed by atoms with E-state index >= 15 is 0 Å². The second-order valence-corrected chi connectivity index (χ2v) is 5.56. The normalized spacial score (nSPS) is 17.4. The van der Waals surface area contributed by atoms with Crippen LogP contribution in [0.2, 0.25) is 5.02 Å². The molecule has 0 fully saturated rings. The fourth-order valence-electron chi connectivity index (χ4n) is 2.65. The van der Waals surface area contributed by atoms with Gasteiger partial charge >= 0.3 is 5.97 Å². The summed E-state index contributed by atoms with van der Waals surface area (Å²) in [7, 11) is 0. The van der Waals surface area contributed by atoms with Crippen molar-refractivity contribution in [1.82, 2.24) is 5.32 Å². The van der Waals surface area contributed by atoms with Gasteiger partial charge in [0.15, 0.2) is 0 Å². The zero-order chi connectivity index (χ0) is 17.0. The number of benzene rings is 1. The summed E-state index contributed by atoms with van der Waals surface area (Å²) in [5.74, 6) is -1.03. The van der Waals surface area contributed by atoms with Gasteiger partial charge in [-0.2, -0.15) is 5.26 Å². The Morgan fingerprint density at radius 1 is 1.43 bits per heavy atom. The molecule has 1 aliphatic rings. The molecule has 4 nitrogen and oxygen atoms in total. The smallest absolute Gasteiger partial charge is 0.337 e. The van der Waals surface area contributed by atoms with Crippen molar-refractivity contribution in [1.29, 1.82) is 5.26 Å². The highest BCUT2D eigenvalue weighted by Crippen LogP contribution is 2.40. The third-order valence-corrected chi connectivity index (χ3v) is 3.99. The molecular weight excluding hydrogens is 312 g/mol. The van der Waals surface area contributed by atoms with Crippen molar-refractivity contribution >= 4 is 17.6 Å². The molecule has 2 rings (SSSR count). The summed E-state index contributed by atoms with van der Waals surface area (Å²) in [5, 5.41) is 13.1. The number of nitrogens with one attached hydrogen (secondary N) is 1. The highest BCUT2D eigenvalue weighted by Gasteiger charge is 2.35. The number of ether oxygens (including phenoxy) is 1. The predicted octanol–water partition coefficient (Wildman–Crippen LogP) is 3.83. The summed E-state index contributed by atoms with van der Waals surface area (Å²) >= 11 is 6.31. The second-order valence-electron chi connectivity index (χ2n) is 5.16. The molecule has 1 aromatic carbocycles. The van der Waals surface area contributed by atoms with Gasteiger partial charge in [0.2, 0.25) is 0 Å². The third kappa shape index (κ3) is 3.30. The van der Waals surface area contributed by atoms with Gasteiger partial charge in [0.05, 0.1) is 23.1 Å². The summed E-state index contributed by atoms with van der Waals surface area (Å²) in [5.41, 5.74) is 2.91. The van der Waals surface area contributed by atoms with Crippen LogP contribution in [0.25, 0.3) is 0 Å². The quantitative estimate of drug-likeness (QED) is 0.674. The van der Waals surface area contributed by atoms with Gasteiger partial charge in [-0.1, -0.05) is 42.5 Å². The molecule has 0 aromatic heterocycles. The number of esters is 1. The molecule has 23 heavy (non-hydrogen) atoms. The molecule has 1 unspecified atom stereocenters. The van der Waals surface area contributed by atoms with Crippen molar-refractivity contribution in [3.8, 4) is 6.07 Å². The summed E-state index contributed by atoms with van der Waals surface area (Å²) in [4.78, 5) is 12.5. The fourth-order valence-corrected chi connectivity index (χ4v) is 2.89. The summed E-state index contributed by atoms with van der Waals surface area (Å²) in [6, 6.07) is 9.38. The summed E-state index contributed by atoms with van der Waals surface area (Å²) < 4.78 is 5.19. The highest BCUT2D eigenvalue weighted by atomic mass is 35.5. The number of allylic oxidation sites excluding steroid dienone is 3. The molecule has 0 amide bonds. The second kappa shape index (κ2) is 7.17. The average molecular weight is 329 g/mol. The van der Waals surface area contributed by atoms with E-state index < -0.39 is 11.9 Å². The summed E-state index contributed by atoms with van der Waals surface area (Å²) in [6.45, 7) is 7.23. The van der Waals surface area contributed by atoms with E-state index in [4.69, 9.17) is 16.3 Å². The Balaban J connectivity index is 2.60. The lowest BCUT2D eigenvalue weighted by atomic mass is 9.81. The lowest BCUT2D eigenvalue weighted by Crippen LogP contribution is -2.29. The minimum Gasteiger partial charge on any atom is -0.458 e. The van der Waals surface area contributed by atoms with Gasteiger partial charge in [0, 0.05) is 16.4 Å². The van der Waals surface area contributed by atoms with E-state index in [0.29, 0.717) is 33.1 Å². The first-order valence-corrected chi connectivity index (χ1v) is 7.50. The first-order valence-electron chi connectivity index (χ1n) is 7.12. The van der Waals surface area contributed by atoms with Crippen molar-refractivity contribution in [2.45, 2.75) is 19.8 Å². The zero-order valence-electron chi connectivity index (χ0n) is 13.0. The third-order valence-electron chi connectivity index (χ3n) is 3.65. The van der Waals surface area contributed by atoms with Crippen LogP contribution < -0.4 is 5.32 Å². The predicted molar refractivity (Wildman–Crippen MR) is 89.5 cm³/mol. The van der Waals surface area contributed by atoms with Gasteiger partial charge in [0.25, 0.3) is 0 Å². The lowest BCUT2D eigenvalue weighted by Gasteiger charge is -2.28. The molecule has 0 saturated carbocycles. The number of carbonyl (C=O) groups excluding carboxylic acids is 1. The molecule has 0 bridgehead atoms. The van der Waals surface area contributed by atoms with Gasteiger partial charge in [-0.05, 0) is 25.5 Å². The van der Waals surface area contributed by atoms with Gasteiger partial charge in [-0.25, -0.2) is 4.79 Å². The van der Waals surface area contributed by atoms with Gasteiger partial charge in [-0.3, -0.25) is 0 Å². The molecule has 1 N–H and O–H groups in total. The maximum absolute atomic E-state index is 12.5. The van der Waals surface area contributed by atoms with Crippen LogP contribution in [0.3, 0.4) is 0 Å². The van der Waals surface area contributed by atoms with Crippen LogP contribution in [0, 0.1) is 11.3 Å². The maximum atomic E-state index is 12.5. The van der Waals surface area contributed by atoms with Crippen molar-refractivity contribution < 1.29 is 9.53 Å². The summed E-state index contributed by atoms with van der Waals surface area (Å²) in [6.07, 6.45) is 1.50. The fraction of sp³-hybridized carbons (Fsp3) is 0.222. The minimum atomic E-state index is -0.549. The largest absolute Gasteiger partial charge is 0.458 e. The van der Waals surface area contributed by atoms with Crippen molar-refractivity contribution in [2.24, 2.45) is 0 Å². The number of nitriles is 1. The van der Waals surface area contributed by atoms with Crippen LogP contribution >= 0.6 is 11.6 Å². The van der Waals surface area contributed by atoms with Crippen molar-refractivity contribution in [3.05, 3.63) is 70.0 Å². The van der Waals surface area contributed by atoms with E-state index in [2.05, 4.69) is 18.0 Å². The Morgan fingerprint density at radius 3 is 2.74 bits per heavy atom. The van der Waals surface area contributed by atoms with Crippen LogP contribution in [0.1, 0.15) is 25.3 Å². The Labute approximate surface area is 140 Å². The van der Waals surface area contributed by atoms with Crippen LogP contribution in [0.15, 0.2) is 59.5 Å². The molecule has 5 heteroatoms. The van der Waals surface area contributed by atoms with Crippen molar-refractivity contribution in [2.75, 3.05) is 6.61 Å². The van der Waals surface area contributed by atoms with Gasteiger partial charge < -0.3 is 10.1 Å². The van der Waals surface area contributed by atoms with E-state index in [9.17, 15) is 10.1 Å². The number of hydrogen-bond acceptors (Lipinski definition) is 4. The molecule has 0 saturated heterocycles. The molecule has 0 radical (unpaired) electrons. The number of carbonyl (C=O) groups is 1. The maximum Gasteiger partial charge on any atom is 0.337 e. The van der Waals surface area contributed by atoms with Crippen LogP contribution in [-0.4, -0.2) is 12.6 Å². The van der Waals surface area contributed by atoms with E-state index in [1.807, 2.05) is 18.2 Å². The number of nitrogens with zero attached hydrogens (tertiary/aromatic N) is 1. The Kier molecular flexibility index (Phi) is 5.25. The average Bonchev–Trinajstić information content (AvgIpc) is 2.52. The molecule has 118 valence electrons. The molecule has 1 aliphatic heterocycles. The van der Waals surface area contributed by atoms with E-state index in [1.165, 1.54) is 6.08 Å². The van der Waals surface area contributed by atoms with Gasteiger partial charge in [-0.15, -0.1) is 0 Å². The zero-order valence-corrected chi connectivity index (χ0v) is 13.8. The van der Waals surface area contributed by atoms with E-state index in [1.54, 1.807) is 19.9 Å².